The quantitative estimate of drug-likeness (QED) is 0.454. The highest BCUT2D eigenvalue weighted by Crippen LogP contribution is 2.25. The summed E-state index contributed by atoms with van der Waals surface area (Å²) in [4.78, 5) is 19.4. The van der Waals surface area contributed by atoms with E-state index in [0.29, 0.717) is 10.7 Å². The van der Waals surface area contributed by atoms with E-state index in [4.69, 9.17) is 9.83 Å². The highest BCUT2D eigenvalue weighted by Gasteiger charge is 2.15. The van der Waals surface area contributed by atoms with Gasteiger partial charge in [-0.2, -0.15) is 0 Å². The van der Waals surface area contributed by atoms with Crippen molar-refractivity contribution in [3.8, 4) is 11.3 Å². The van der Waals surface area contributed by atoms with Gasteiger partial charge in [-0.15, -0.1) is 11.3 Å². The van der Waals surface area contributed by atoms with Crippen LogP contribution in [0.4, 0.5) is 10.8 Å². The minimum atomic E-state index is -0.410. The molecule has 7 heteroatoms. The molecule has 0 bridgehead atoms. The van der Waals surface area contributed by atoms with Crippen molar-refractivity contribution in [2.45, 2.75) is 13.8 Å². The number of thiazole rings is 1. The van der Waals surface area contributed by atoms with Crippen molar-refractivity contribution in [2.24, 2.45) is 0 Å². The van der Waals surface area contributed by atoms with Crippen molar-refractivity contribution >= 4 is 39.0 Å². The zero-order valence-corrected chi connectivity index (χ0v) is 17.6. The van der Waals surface area contributed by atoms with Crippen LogP contribution in [0.1, 0.15) is 24.2 Å². The first-order valence-corrected chi connectivity index (χ1v) is 10.7. The van der Waals surface area contributed by atoms with Gasteiger partial charge < -0.3 is 9.32 Å². The lowest BCUT2D eigenvalue weighted by atomic mass is 10.1. The third-order valence-corrected chi connectivity index (χ3v) is 5.68. The maximum atomic E-state index is 12.8. The summed E-state index contributed by atoms with van der Waals surface area (Å²) in [6, 6.07) is 17.3. The minimum Gasteiger partial charge on any atom is -0.438 e. The maximum absolute atomic E-state index is 12.8. The van der Waals surface area contributed by atoms with E-state index in [0.717, 1.165) is 35.4 Å². The number of hydrogen-bond donors (Lipinski definition) is 2. The molecule has 6 nitrogen and oxygen atoms in total. The number of hydrogen-bond acceptors (Lipinski definition) is 6. The van der Waals surface area contributed by atoms with Crippen molar-refractivity contribution in [2.75, 3.05) is 23.3 Å². The van der Waals surface area contributed by atoms with E-state index in [9.17, 15) is 4.79 Å². The number of carbonyl (C=O) groups is 1. The molecule has 0 atom stereocenters. The summed E-state index contributed by atoms with van der Waals surface area (Å²) < 4.78 is 5.67. The normalized spacial score (nSPS) is 10.9. The molecule has 4 aromatic rings. The molecule has 1 amide bonds. The van der Waals surface area contributed by atoms with Crippen LogP contribution < -0.4 is 15.8 Å². The van der Waals surface area contributed by atoms with E-state index in [-0.39, 0.29) is 11.1 Å². The summed E-state index contributed by atoms with van der Waals surface area (Å²) in [5, 5.41) is 14.1. The van der Waals surface area contributed by atoms with Gasteiger partial charge in [-0.3, -0.25) is 15.5 Å². The third kappa shape index (κ3) is 3.97. The molecule has 0 spiro atoms. The van der Waals surface area contributed by atoms with Crippen molar-refractivity contribution in [3.05, 3.63) is 71.1 Å². The van der Waals surface area contributed by atoms with Crippen LogP contribution in [0.25, 0.3) is 22.2 Å². The van der Waals surface area contributed by atoms with Crippen LogP contribution in [0.3, 0.4) is 0 Å². The molecule has 0 aliphatic rings. The van der Waals surface area contributed by atoms with Crippen LogP contribution in [0.2, 0.25) is 0 Å². The average Bonchev–Trinajstić information content (AvgIpc) is 3.23. The van der Waals surface area contributed by atoms with Gasteiger partial charge >= 0.3 is 0 Å². The second-order valence-electron chi connectivity index (χ2n) is 6.74. The molecular weight excluding hydrogens is 396 g/mol. The monoisotopic (exact) mass is 418 g/mol. The third-order valence-electron chi connectivity index (χ3n) is 4.92. The van der Waals surface area contributed by atoms with Gasteiger partial charge in [0.25, 0.3) is 5.91 Å². The zero-order valence-electron chi connectivity index (χ0n) is 16.8. The number of nitrogens with zero attached hydrogens (tertiary/aromatic N) is 2. The van der Waals surface area contributed by atoms with Crippen LogP contribution in [0.5, 0.6) is 0 Å². The number of fused-ring (bicyclic) bond motifs is 1. The summed E-state index contributed by atoms with van der Waals surface area (Å²) in [6.07, 6.45) is 0. The molecule has 2 heterocycles. The molecular formula is C23H22N4O2S. The maximum Gasteiger partial charge on any atom is 0.262 e. The van der Waals surface area contributed by atoms with Crippen LogP contribution in [-0.2, 0) is 0 Å². The van der Waals surface area contributed by atoms with Crippen molar-refractivity contribution in [3.63, 3.8) is 0 Å². The fourth-order valence-corrected chi connectivity index (χ4v) is 4.02. The first kappa shape index (κ1) is 19.8. The van der Waals surface area contributed by atoms with Gasteiger partial charge in [-0.05, 0) is 32.0 Å². The summed E-state index contributed by atoms with van der Waals surface area (Å²) >= 11 is 1.35. The topological polar surface area (TPSA) is 82.2 Å². The molecule has 2 aromatic carbocycles. The first-order chi connectivity index (χ1) is 14.6. The van der Waals surface area contributed by atoms with Crippen LogP contribution in [0, 0.1) is 5.41 Å². The van der Waals surface area contributed by atoms with Crippen molar-refractivity contribution < 1.29 is 9.21 Å². The number of aromatic nitrogens is 1. The van der Waals surface area contributed by atoms with Crippen LogP contribution in [0.15, 0.2) is 64.4 Å². The van der Waals surface area contributed by atoms with Gasteiger partial charge in [0.05, 0.1) is 5.69 Å². The molecule has 0 aliphatic carbocycles. The minimum absolute atomic E-state index is 0.170. The molecule has 0 unspecified atom stereocenters. The lowest BCUT2D eigenvalue weighted by molar-refractivity contribution is 0.102. The summed E-state index contributed by atoms with van der Waals surface area (Å²) in [7, 11) is 0. The van der Waals surface area contributed by atoms with Crippen LogP contribution >= 0.6 is 11.3 Å². The smallest absolute Gasteiger partial charge is 0.262 e. The van der Waals surface area contributed by atoms with Gasteiger partial charge in [-0.1, -0.05) is 30.3 Å². The van der Waals surface area contributed by atoms with E-state index in [1.54, 1.807) is 6.07 Å². The Morgan fingerprint density at radius 2 is 1.90 bits per heavy atom. The van der Waals surface area contributed by atoms with Gasteiger partial charge in [0, 0.05) is 41.2 Å². The molecule has 2 aromatic heterocycles. The Labute approximate surface area is 178 Å². The standard InChI is InChI=1S/C23H22N4O2S/c1-3-27(4-2)17-11-10-16-12-18(21(24)29-20(16)13-17)22(28)26-23-25-19(14-30-23)15-8-6-5-7-9-15/h5-14,24H,3-4H2,1-2H3,(H,25,26,28). The molecule has 30 heavy (non-hydrogen) atoms. The summed E-state index contributed by atoms with van der Waals surface area (Å²) in [6.45, 7) is 5.95. The molecule has 0 radical (unpaired) electrons. The highest BCUT2D eigenvalue weighted by molar-refractivity contribution is 7.14. The van der Waals surface area contributed by atoms with E-state index >= 15 is 0 Å². The molecule has 0 aliphatic heterocycles. The van der Waals surface area contributed by atoms with Crippen molar-refractivity contribution in [1.82, 2.24) is 4.98 Å². The molecule has 0 fully saturated rings. The number of amides is 1. The Balaban J connectivity index is 1.59. The number of rotatable bonds is 6. The Morgan fingerprint density at radius 1 is 1.13 bits per heavy atom. The van der Waals surface area contributed by atoms with E-state index < -0.39 is 5.91 Å². The van der Waals surface area contributed by atoms with E-state index in [1.807, 2.05) is 53.9 Å². The Kier molecular flexibility index (Phi) is 5.63. The number of anilines is 2. The SMILES string of the molecule is CCN(CC)c1ccc2cc(C(=O)Nc3nc(-c4ccccc4)cs3)c(=N)oc2c1. The molecule has 2 N–H and O–H groups in total. The Hall–Kier alpha value is -3.45. The van der Waals surface area contributed by atoms with Gasteiger partial charge in [0.15, 0.2) is 5.13 Å². The zero-order chi connectivity index (χ0) is 21.1. The lowest BCUT2D eigenvalue weighted by Crippen LogP contribution is -2.22. The van der Waals surface area contributed by atoms with E-state index in [1.165, 1.54) is 11.3 Å². The van der Waals surface area contributed by atoms with Gasteiger partial charge in [0.1, 0.15) is 11.1 Å². The van der Waals surface area contributed by atoms with Gasteiger partial charge in [0.2, 0.25) is 5.55 Å². The largest absolute Gasteiger partial charge is 0.438 e. The van der Waals surface area contributed by atoms with Crippen LogP contribution in [-0.4, -0.2) is 24.0 Å². The van der Waals surface area contributed by atoms with E-state index in [2.05, 4.69) is 29.0 Å². The number of nitrogens with one attached hydrogen (secondary N) is 2. The number of carbonyl (C=O) groups excluding carboxylic acids is 1. The highest BCUT2D eigenvalue weighted by atomic mass is 32.1. The molecule has 4 rings (SSSR count). The predicted molar refractivity (Wildman–Crippen MR) is 121 cm³/mol. The second kappa shape index (κ2) is 8.51. The fourth-order valence-electron chi connectivity index (χ4n) is 3.31. The molecule has 0 saturated carbocycles. The first-order valence-electron chi connectivity index (χ1n) is 9.78. The molecule has 152 valence electrons. The Bertz CT molecular complexity index is 1240. The summed E-state index contributed by atoms with van der Waals surface area (Å²) in [5.74, 6) is -0.410. The fraction of sp³-hybridized carbons (Fsp3) is 0.174. The number of benzene rings is 2. The van der Waals surface area contributed by atoms with Gasteiger partial charge in [-0.25, -0.2) is 4.98 Å². The summed E-state index contributed by atoms with van der Waals surface area (Å²) in [5.41, 5.74) is 3.41. The van der Waals surface area contributed by atoms with Crippen molar-refractivity contribution in [1.29, 1.82) is 5.41 Å². The second-order valence-corrected chi connectivity index (χ2v) is 7.60. The molecule has 0 saturated heterocycles. The predicted octanol–water partition coefficient (Wildman–Crippen LogP) is 5.13. The average molecular weight is 419 g/mol. The lowest BCUT2D eigenvalue weighted by Gasteiger charge is -2.21. The Morgan fingerprint density at radius 3 is 2.63 bits per heavy atom.